The first kappa shape index (κ1) is 27.1. The van der Waals surface area contributed by atoms with Gasteiger partial charge < -0.3 is 39.1 Å². The SMILES string of the molecule is C[Si]1(C)CCN(c2cc(Cl)nc3c2cnn3[C@@H]2O[C@H](COP(=O)(O)CP(=O)(O)O)[C@@H](O)[C@H]2O)CC1. The first-order valence-electron chi connectivity index (χ1n) is 11.0. The van der Waals surface area contributed by atoms with E-state index >= 15 is 0 Å². The van der Waals surface area contributed by atoms with Gasteiger partial charge in [-0.05, 0) is 18.2 Å². The van der Waals surface area contributed by atoms with Crippen LogP contribution >= 0.6 is 26.8 Å². The van der Waals surface area contributed by atoms with Crippen molar-refractivity contribution in [3.63, 3.8) is 0 Å². The predicted octanol–water partition coefficient (Wildman–Crippen LogP) is 1.57. The van der Waals surface area contributed by atoms with Crippen LogP contribution in [0.1, 0.15) is 6.23 Å². The van der Waals surface area contributed by atoms with Gasteiger partial charge in [-0.1, -0.05) is 24.7 Å². The van der Waals surface area contributed by atoms with Crippen molar-refractivity contribution in [2.45, 2.75) is 49.7 Å². The molecule has 0 bridgehead atoms. The fraction of sp³-hybridized carbons (Fsp3) is 0.667. The Hall–Kier alpha value is -0.893. The van der Waals surface area contributed by atoms with Crippen LogP contribution in [0.15, 0.2) is 12.3 Å². The highest BCUT2D eigenvalue weighted by Gasteiger charge is 2.46. The van der Waals surface area contributed by atoms with E-state index < -0.39 is 60.3 Å². The summed E-state index contributed by atoms with van der Waals surface area (Å²) >= 11 is 6.32. The third kappa shape index (κ3) is 6.16. The molecule has 4 heterocycles. The molecule has 0 saturated carbocycles. The second kappa shape index (κ2) is 9.77. The summed E-state index contributed by atoms with van der Waals surface area (Å²) in [6, 6.07) is 4.04. The lowest BCUT2D eigenvalue weighted by atomic mass is 10.1. The normalized spacial score (nSPS) is 29.0. The number of nitrogens with zero attached hydrogens (tertiary/aromatic N) is 4. The summed E-state index contributed by atoms with van der Waals surface area (Å²) in [4.78, 5) is 34.1. The fourth-order valence-electron chi connectivity index (χ4n) is 4.31. The smallest absolute Gasteiger partial charge is 0.340 e. The van der Waals surface area contributed by atoms with Gasteiger partial charge in [-0.2, -0.15) is 5.10 Å². The number of aliphatic hydroxyl groups excluding tert-OH is 2. The molecule has 0 amide bonds. The Kier molecular flexibility index (Phi) is 7.58. The minimum Gasteiger partial charge on any atom is -0.387 e. The molecule has 0 aromatic carbocycles. The molecule has 2 aromatic heterocycles. The molecule has 13 nitrogen and oxygen atoms in total. The van der Waals surface area contributed by atoms with Crippen molar-refractivity contribution in [1.29, 1.82) is 0 Å². The molecule has 0 aliphatic carbocycles. The summed E-state index contributed by atoms with van der Waals surface area (Å²) in [7, 11) is -10.7. The number of fused-ring (bicyclic) bond motifs is 1. The molecule has 1 unspecified atom stereocenters. The maximum Gasteiger partial charge on any atom is 0.340 e. The maximum absolute atomic E-state index is 11.9. The highest BCUT2D eigenvalue weighted by atomic mass is 35.5. The number of ether oxygens (including phenoxy) is 1. The summed E-state index contributed by atoms with van der Waals surface area (Å²) in [5, 5.41) is 26.3. The Morgan fingerprint density at radius 1 is 1.20 bits per heavy atom. The quantitative estimate of drug-likeness (QED) is 0.184. The number of pyridine rings is 1. The molecular weight excluding hydrogens is 542 g/mol. The van der Waals surface area contributed by atoms with Crippen LogP contribution in [-0.4, -0.2) is 91.6 Å². The molecule has 0 spiro atoms. The van der Waals surface area contributed by atoms with E-state index in [9.17, 15) is 24.2 Å². The van der Waals surface area contributed by atoms with Gasteiger partial charge in [-0.15, -0.1) is 0 Å². The highest BCUT2D eigenvalue weighted by Crippen LogP contribution is 2.55. The second-order valence-electron chi connectivity index (χ2n) is 9.73. The lowest BCUT2D eigenvalue weighted by Crippen LogP contribution is -2.42. The lowest BCUT2D eigenvalue weighted by Gasteiger charge is -2.37. The minimum absolute atomic E-state index is 0.225. The first-order valence-corrected chi connectivity index (χ1v) is 18.3. The molecule has 17 heteroatoms. The van der Waals surface area contributed by atoms with Gasteiger partial charge in [0.25, 0.3) is 0 Å². The summed E-state index contributed by atoms with van der Waals surface area (Å²) in [6.45, 7) is 5.81. The van der Waals surface area contributed by atoms with E-state index in [0.29, 0.717) is 11.0 Å². The Morgan fingerprint density at radius 3 is 2.49 bits per heavy atom. The van der Waals surface area contributed by atoms with E-state index in [-0.39, 0.29) is 5.15 Å². The van der Waals surface area contributed by atoms with Gasteiger partial charge in [0.15, 0.2) is 17.8 Å². The summed E-state index contributed by atoms with van der Waals surface area (Å²) in [5.41, 5.74) is 1.20. The van der Waals surface area contributed by atoms with E-state index in [1.807, 2.05) is 0 Å². The van der Waals surface area contributed by atoms with Gasteiger partial charge in [-0.3, -0.25) is 9.13 Å². The molecule has 196 valence electrons. The molecule has 5 atom stereocenters. The van der Waals surface area contributed by atoms with E-state index in [1.165, 1.54) is 4.68 Å². The molecule has 4 rings (SSSR count). The molecular formula is C18H29ClN4O9P2Si. The monoisotopic (exact) mass is 570 g/mol. The van der Waals surface area contributed by atoms with Crippen LogP contribution in [-0.2, 0) is 18.4 Å². The van der Waals surface area contributed by atoms with E-state index in [4.69, 9.17) is 30.6 Å². The van der Waals surface area contributed by atoms with Crippen molar-refractivity contribution >= 4 is 51.6 Å². The van der Waals surface area contributed by atoms with Gasteiger partial charge in [0, 0.05) is 13.1 Å². The Morgan fingerprint density at radius 2 is 1.86 bits per heavy atom. The number of rotatable bonds is 7. The van der Waals surface area contributed by atoms with Crippen LogP contribution in [0.2, 0.25) is 30.3 Å². The predicted molar refractivity (Wildman–Crippen MR) is 130 cm³/mol. The Bertz CT molecular complexity index is 1180. The standard InChI is InChI=1S/C18H29ClN4O9P2Si/c1-35(2)5-3-22(4-6-35)12-7-14(19)21-17-11(12)8-20-23(17)18-16(25)15(24)13(32-18)9-31-34(29,30)10-33(26,27)28/h7-8,13,15-16,18,24-25H,3-6,9-10H2,1-2H3,(H,29,30)(H2,26,27,28)/t13-,15-,16-,18-/m1/s1. The molecule has 2 saturated heterocycles. The molecule has 0 radical (unpaired) electrons. The van der Waals surface area contributed by atoms with Gasteiger partial charge in [0.05, 0.1) is 32.0 Å². The van der Waals surface area contributed by atoms with E-state index in [0.717, 1.165) is 30.9 Å². The maximum atomic E-state index is 11.9. The highest BCUT2D eigenvalue weighted by molar-refractivity contribution is 7.70. The third-order valence-electron chi connectivity index (χ3n) is 6.35. The molecule has 2 aliphatic heterocycles. The van der Waals surface area contributed by atoms with Crippen molar-refractivity contribution in [3.8, 4) is 0 Å². The summed E-state index contributed by atoms with van der Waals surface area (Å²) in [5.74, 6) is -1.38. The average molecular weight is 571 g/mol. The van der Waals surface area contributed by atoms with Crippen LogP contribution < -0.4 is 4.90 Å². The zero-order valence-corrected chi connectivity index (χ0v) is 22.7. The second-order valence-corrected chi connectivity index (χ2v) is 19.4. The molecule has 5 N–H and O–H groups in total. The third-order valence-corrected chi connectivity index (χ3v) is 13.2. The van der Waals surface area contributed by atoms with Gasteiger partial charge in [0.1, 0.15) is 23.5 Å². The Labute approximate surface area is 207 Å². The van der Waals surface area contributed by atoms with Crippen LogP contribution in [0.4, 0.5) is 5.69 Å². The largest absolute Gasteiger partial charge is 0.387 e. The van der Waals surface area contributed by atoms with Gasteiger partial charge in [-0.25, -0.2) is 9.67 Å². The molecule has 2 aliphatic rings. The average Bonchev–Trinajstić information content (AvgIpc) is 3.25. The summed E-state index contributed by atoms with van der Waals surface area (Å²) in [6.07, 6.45) is -3.90. The number of hydrogen-bond acceptors (Lipinski definition) is 9. The van der Waals surface area contributed by atoms with Crippen molar-refractivity contribution in [2.75, 3.05) is 30.5 Å². The topological polar surface area (TPSA) is 188 Å². The van der Waals surface area contributed by atoms with Gasteiger partial charge >= 0.3 is 15.2 Å². The number of aliphatic hydroxyl groups is 2. The van der Waals surface area contributed by atoms with Gasteiger partial charge in [0.2, 0.25) is 0 Å². The number of aromatic nitrogens is 3. The Balaban J connectivity index is 1.55. The van der Waals surface area contributed by atoms with E-state index in [2.05, 4.69) is 28.1 Å². The number of halogens is 1. The van der Waals surface area contributed by atoms with Crippen LogP contribution in [0, 0.1) is 0 Å². The number of anilines is 1. The zero-order valence-electron chi connectivity index (χ0n) is 19.1. The molecule has 2 aromatic rings. The lowest BCUT2D eigenvalue weighted by molar-refractivity contribution is -0.0541. The summed E-state index contributed by atoms with van der Waals surface area (Å²) < 4.78 is 34.7. The molecule has 35 heavy (non-hydrogen) atoms. The van der Waals surface area contributed by atoms with E-state index in [1.54, 1.807) is 12.3 Å². The van der Waals surface area contributed by atoms with Crippen molar-refractivity contribution in [1.82, 2.24) is 14.8 Å². The van der Waals surface area contributed by atoms with Crippen LogP contribution in [0.3, 0.4) is 0 Å². The van der Waals surface area contributed by atoms with Crippen molar-refractivity contribution in [3.05, 3.63) is 17.4 Å². The van der Waals surface area contributed by atoms with Crippen LogP contribution in [0.5, 0.6) is 0 Å². The molecule has 2 fully saturated rings. The first-order chi connectivity index (χ1) is 16.2. The minimum atomic E-state index is -4.81. The number of hydrogen-bond donors (Lipinski definition) is 5. The van der Waals surface area contributed by atoms with Crippen LogP contribution in [0.25, 0.3) is 11.0 Å². The fourth-order valence-corrected chi connectivity index (χ4v) is 9.06. The zero-order chi connectivity index (χ0) is 25.8. The van der Waals surface area contributed by atoms with Crippen molar-refractivity contribution in [2.24, 2.45) is 0 Å². The van der Waals surface area contributed by atoms with Crippen molar-refractivity contribution < 1.29 is 43.3 Å².